The number of hydrogen-bond donors (Lipinski definition) is 2. The van der Waals surface area contributed by atoms with Crippen molar-refractivity contribution in [3.05, 3.63) is 53.6 Å². The molecule has 2 N–H and O–H groups in total. The molecule has 1 atom stereocenters. The van der Waals surface area contributed by atoms with Gasteiger partial charge in [-0.05, 0) is 61.4 Å². The summed E-state index contributed by atoms with van der Waals surface area (Å²) >= 11 is 0. The Morgan fingerprint density at radius 2 is 1.93 bits per heavy atom. The quantitative estimate of drug-likeness (QED) is 0.696. The first-order valence-corrected chi connectivity index (χ1v) is 9.23. The number of anilines is 2. The maximum atomic E-state index is 12.5. The van der Waals surface area contributed by atoms with Gasteiger partial charge in [0.05, 0.1) is 13.5 Å². The van der Waals surface area contributed by atoms with Gasteiger partial charge in [-0.2, -0.15) is 4.98 Å². The van der Waals surface area contributed by atoms with Crippen LogP contribution in [0, 0.1) is 13.8 Å². The summed E-state index contributed by atoms with van der Waals surface area (Å²) in [5.74, 6) is 0.987. The number of carbonyl (C=O) groups is 2. The normalized spacial score (nSPS) is 15.0. The molecule has 0 bridgehead atoms. The van der Waals surface area contributed by atoms with Gasteiger partial charge in [0.2, 0.25) is 11.9 Å². The summed E-state index contributed by atoms with van der Waals surface area (Å²) < 4.78 is 6.63. The number of amides is 2. The van der Waals surface area contributed by atoms with Gasteiger partial charge in [0, 0.05) is 11.3 Å². The number of nitrogens with zero attached hydrogens (tertiary/aromatic N) is 3. The number of benzene rings is 2. The monoisotopic (exact) mass is 391 g/mol. The van der Waals surface area contributed by atoms with Crippen LogP contribution in [0.2, 0.25) is 0 Å². The van der Waals surface area contributed by atoms with Crippen LogP contribution in [0.1, 0.15) is 23.6 Å². The highest BCUT2D eigenvalue weighted by Gasteiger charge is 2.35. The van der Waals surface area contributed by atoms with Crippen LogP contribution in [0.5, 0.6) is 5.75 Å². The van der Waals surface area contributed by atoms with Crippen LogP contribution in [0.15, 0.2) is 42.5 Å². The largest absolute Gasteiger partial charge is 0.497 e. The minimum Gasteiger partial charge on any atom is -0.497 e. The number of hydrogen-bond acceptors (Lipinski definition) is 5. The van der Waals surface area contributed by atoms with Gasteiger partial charge in [-0.25, -0.2) is 4.68 Å². The molecule has 2 amide bonds. The number of aryl methyl sites for hydroxylation is 2. The van der Waals surface area contributed by atoms with Crippen LogP contribution < -0.4 is 15.4 Å². The summed E-state index contributed by atoms with van der Waals surface area (Å²) in [6.07, 6.45) is -0.0306. The second kappa shape index (κ2) is 7.38. The van der Waals surface area contributed by atoms with Gasteiger partial charge in [-0.1, -0.05) is 6.07 Å². The standard InChI is InChI=1S/C21H21N5O3/c1-12-4-7-15(10-13(12)2)22-18(27)11-17-20(28)24-21-23-19(25-26(17)21)14-5-8-16(29-3)9-6-14/h4-10,17H,11H2,1-3H3,(H,22,27)(H,23,24,25,28)/t17-/m0/s1. The van der Waals surface area contributed by atoms with Crippen LogP contribution in [0.3, 0.4) is 0 Å². The van der Waals surface area contributed by atoms with Gasteiger partial charge < -0.3 is 10.1 Å². The highest BCUT2D eigenvalue weighted by atomic mass is 16.5. The molecule has 2 aromatic carbocycles. The summed E-state index contributed by atoms with van der Waals surface area (Å²) in [4.78, 5) is 29.2. The minimum atomic E-state index is -0.740. The van der Waals surface area contributed by atoms with Crippen molar-refractivity contribution in [2.24, 2.45) is 0 Å². The molecule has 1 aliphatic rings. The first kappa shape index (κ1) is 18.7. The van der Waals surface area contributed by atoms with E-state index in [4.69, 9.17) is 4.74 Å². The van der Waals surface area contributed by atoms with Crippen molar-refractivity contribution in [1.29, 1.82) is 0 Å². The molecule has 0 aliphatic carbocycles. The number of methoxy groups -OCH3 is 1. The zero-order chi connectivity index (χ0) is 20.5. The summed E-state index contributed by atoms with van der Waals surface area (Å²) in [6.45, 7) is 3.99. The van der Waals surface area contributed by atoms with Crippen molar-refractivity contribution < 1.29 is 14.3 Å². The lowest BCUT2D eigenvalue weighted by Crippen LogP contribution is -2.23. The summed E-state index contributed by atoms with van der Waals surface area (Å²) in [7, 11) is 1.60. The predicted octanol–water partition coefficient (Wildman–Crippen LogP) is 3.09. The van der Waals surface area contributed by atoms with Crippen molar-refractivity contribution in [2.45, 2.75) is 26.3 Å². The van der Waals surface area contributed by atoms with Gasteiger partial charge in [-0.15, -0.1) is 5.10 Å². The van der Waals surface area contributed by atoms with Crippen molar-refractivity contribution in [2.75, 3.05) is 17.7 Å². The third-order valence-electron chi connectivity index (χ3n) is 4.98. The maximum Gasteiger partial charge on any atom is 0.252 e. The summed E-state index contributed by atoms with van der Waals surface area (Å²) in [5, 5.41) is 9.97. The molecule has 0 radical (unpaired) electrons. The van der Waals surface area contributed by atoms with Gasteiger partial charge in [0.25, 0.3) is 5.91 Å². The van der Waals surface area contributed by atoms with E-state index in [0.29, 0.717) is 17.5 Å². The molecule has 0 fully saturated rings. The zero-order valence-corrected chi connectivity index (χ0v) is 16.4. The highest BCUT2D eigenvalue weighted by Crippen LogP contribution is 2.29. The van der Waals surface area contributed by atoms with E-state index >= 15 is 0 Å². The molecule has 0 saturated carbocycles. The van der Waals surface area contributed by atoms with E-state index in [1.54, 1.807) is 7.11 Å². The molecule has 3 aromatic rings. The van der Waals surface area contributed by atoms with E-state index in [1.807, 2.05) is 56.3 Å². The van der Waals surface area contributed by atoms with Gasteiger partial charge in [-0.3, -0.25) is 14.9 Å². The number of fused-ring (bicyclic) bond motifs is 1. The van der Waals surface area contributed by atoms with Crippen LogP contribution in [0.4, 0.5) is 11.6 Å². The smallest absolute Gasteiger partial charge is 0.252 e. The second-order valence-corrected chi connectivity index (χ2v) is 6.99. The van der Waals surface area contributed by atoms with E-state index in [9.17, 15) is 9.59 Å². The van der Waals surface area contributed by atoms with Crippen LogP contribution in [-0.4, -0.2) is 33.7 Å². The Hall–Kier alpha value is -3.68. The van der Waals surface area contributed by atoms with Crippen molar-refractivity contribution in [3.63, 3.8) is 0 Å². The van der Waals surface area contributed by atoms with E-state index in [2.05, 4.69) is 20.7 Å². The average molecular weight is 391 g/mol. The summed E-state index contributed by atoms with van der Waals surface area (Å²) in [5.41, 5.74) is 3.73. The van der Waals surface area contributed by atoms with Gasteiger partial charge in [0.1, 0.15) is 11.8 Å². The third kappa shape index (κ3) is 3.69. The average Bonchev–Trinajstić information content (AvgIpc) is 3.23. The van der Waals surface area contributed by atoms with Crippen molar-refractivity contribution in [3.8, 4) is 17.1 Å². The molecule has 1 aromatic heterocycles. The molecule has 0 saturated heterocycles. The van der Waals surface area contributed by atoms with E-state index in [1.165, 1.54) is 4.68 Å². The van der Waals surface area contributed by atoms with Crippen LogP contribution in [-0.2, 0) is 9.59 Å². The Kier molecular flexibility index (Phi) is 4.75. The molecule has 8 heteroatoms. The molecule has 0 unspecified atom stereocenters. The van der Waals surface area contributed by atoms with Gasteiger partial charge >= 0.3 is 0 Å². The Balaban J connectivity index is 1.50. The number of carbonyl (C=O) groups excluding carboxylic acids is 2. The lowest BCUT2D eigenvalue weighted by molar-refractivity contribution is -0.123. The van der Waals surface area contributed by atoms with E-state index < -0.39 is 6.04 Å². The molecular formula is C21H21N5O3. The molecule has 29 heavy (non-hydrogen) atoms. The molecule has 148 valence electrons. The first-order valence-electron chi connectivity index (χ1n) is 9.23. The Labute approximate surface area is 167 Å². The van der Waals surface area contributed by atoms with E-state index in [0.717, 1.165) is 22.4 Å². The lowest BCUT2D eigenvalue weighted by atomic mass is 10.1. The molecular weight excluding hydrogens is 370 g/mol. The first-order chi connectivity index (χ1) is 13.9. The van der Waals surface area contributed by atoms with Crippen LogP contribution >= 0.6 is 0 Å². The topological polar surface area (TPSA) is 98.1 Å². The third-order valence-corrected chi connectivity index (χ3v) is 4.98. The fourth-order valence-corrected chi connectivity index (χ4v) is 3.18. The fraction of sp³-hybridized carbons (Fsp3) is 0.238. The Morgan fingerprint density at radius 3 is 2.62 bits per heavy atom. The molecule has 2 heterocycles. The number of aromatic nitrogens is 3. The molecule has 1 aliphatic heterocycles. The Bertz CT molecular complexity index is 1090. The number of rotatable bonds is 5. The minimum absolute atomic E-state index is 0.0306. The second-order valence-electron chi connectivity index (χ2n) is 6.99. The summed E-state index contributed by atoms with van der Waals surface area (Å²) in [6, 6.07) is 12.3. The van der Waals surface area contributed by atoms with Crippen molar-refractivity contribution in [1.82, 2.24) is 14.8 Å². The molecule has 0 spiro atoms. The predicted molar refractivity (Wildman–Crippen MR) is 109 cm³/mol. The SMILES string of the molecule is COc1ccc(-c2nc3n(n2)[C@@H](CC(=O)Nc2ccc(C)c(C)c2)C(=O)N3)cc1. The number of nitrogens with one attached hydrogen (secondary N) is 2. The number of ether oxygens (including phenoxy) is 1. The zero-order valence-electron chi connectivity index (χ0n) is 16.4. The lowest BCUT2D eigenvalue weighted by Gasteiger charge is -2.11. The fourth-order valence-electron chi connectivity index (χ4n) is 3.18. The van der Waals surface area contributed by atoms with Crippen molar-refractivity contribution >= 4 is 23.5 Å². The Morgan fingerprint density at radius 1 is 1.17 bits per heavy atom. The van der Waals surface area contributed by atoms with Gasteiger partial charge in [0.15, 0.2) is 5.82 Å². The molecule has 4 rings (SSSR count). The maximum absolute atomic E-state index is 12.5. The highest BCUT2D eigenvalue weighted by molar-refractivity contribution is 6.01. The van der Waals surface area contributed by atoms with E-state index in [-0.39, 0.29) is 18.2 Å². The molecule has 8 nitrogen and oxygen atoms in total. The van der Waals surface area contributed by atoms with Crippen LogP contribution in [0.25, 0.3) is 11.4 Å².